The second kappa shape index (κ2) is 11.1. The van der Waals surface area contributed by atoms with Crippen molar-refractivity contribution in [2.75, 3.05) is 25.7 Å². The number of methoxy groups -OCH3 is 2. The topological polar surface area (TPSA) is 89.0 Å². The first-order chi connectivity index (χ1) is 17.3. The number of Topliss-reactive ketones (excluding diaryl/α,β-unsaturated/α-hetero) is 1. The third-order valence-corrected chi connectivity index (χ3v) is 6.43. The maximum atomic E-state index is 13.6. The van der Waals surface area contributed by atoms with E-state index in [4.69, 9.17) is 21.1 Å². The van der Waals surface area contributed by atoms with Crippen LogP contribution in [0.2, 0.25) is 5.02 Å². The number of hydrogen-bond acceptors (Lipinski definition) is 6. The Labute approximate surface area is 213 Å². The van der Waals surface area contributed by atoms with Crippen molar-refractivity contribution in [1.29, 1.82) is 0 Å². The summed E-state index contributed by atoms with van der Waals surface area (Å²) in [4.78, 5) is 31.1. The normalized spacial score (nSPS) is 14.1. The molecule has 0 radical (unpaired) electrons. The lowest BCUT2D eigenvalue weighted by atomic mass is 10.0. The molecule has 2 aromatic carbocycles. The van der Waals surface area contributed by atoms with Crippen molar-refractivity contribution in [3.8, 4) is 22.8 Å². The van der Waals surface area contributed by atoms with Gasteiger partial charge >= 0.3 is 0 Å². The standard InChI is InChI=1S/C27H26ClFN2O5/c1-35-24-12-8-20(30-27(24)17-5-7-19(29)18(28)14-17)23(33)11-10-22(32)16-6-9-21(25(15-16)36-2)31-13-3-4-26(31)34/h5-9,12,14-15,23,33H,3-4,10-11,13H2,1-2H3. The molecule has 36 heavy (non-hydrogen) atoms. The van der Waals surface area contributed by atoms with Gasteiger partial charge in [0.25, 0.3) is 0 Å². The maximum absolute atomic E-state index is 13.6. The van der Waals surface area contributed by atoms with Gasteiger partial charge in [-0.2, -0.15) is 0 Å². The number of hydrogen-bond donors (Lipinski definition) is 1. The first-order valence-corrected chi connectivity index (χ1v) is 11.9. The van der Waals surface area contributed by atoms with E-state index in [-0.39, 0.29) is 29.6 Å². The van der Waals surface area contributed by atoms with Crippen LogP contribution in [0.3, 0.4) is 0 Å². The van der Waals surface area contributed by atoms with Crippen LogP contribution in [0.1, 0.15) is 47.8 Å². The van der Waals surface area contributed by atoms with Crippen LogP contribution in [-0.2, 0) is 4.79 Å². The molecular formula is C27H26ClFN2O5. The molecule has 2 heterocycles. The number of carbonyl (C=O) groups is 2. The molecular weight excluding hydrogens is 487 g/mol. The van der Waals surface area contributed by atoms with Crippen molar-refractivity contribution in [2.24, 2.45) is 0 Å². The number of nitrogens with zero attached hydrogens (tertiary/aromatic N) is 2. The van der Waals surface area contributed by atoms with Crippen molar-refractivity contribution in [3.05, 3.63) is 70.6 Å². The van der Waals surface area contributed by atoms with Gasteiger partial charge in [0.2, 0.25) is 5.91 Å². The van der Waals surface area contributed by atoms with Gasteiger partial charge in [-0.05, 0) is 61.4 Å². The average Bonchev–Trinajstić information content (AvgIpc) is 3.33. The highest BCUT2D eigenvalue weighted by molar-refractivity contribution is 6.31. The van der Waals surface area contributed by atoms with Gasteiger partial charge < -0.3 is 19.5 Å². The summed E-state index contributed by atoms with van der Waals surface area (Å²) >= 11 is 5.92. The second-order valence-corrected chi connectivity index (χ2v) is 8.84. The van der Waals surface area contributed by atoms with Gasteiger partial charge in [0.05, 0.1) is 36.7 Å². The summed E-state index contributed by atoms with van der Waals surface area (Å²) in [5.41, 5.74) is 2.36. The van der Waals surface area contributed by atoms with E-state index in [9.17, 15) is 19.1 Å². The molecule has 0 saturated carbocycles. The molecule has 1 saturated heterocycles. The number of ether oxygens (including phenoxy) is 2. The Morgan fingerprint density at radius 1 is 1.14 bits per heavy atom. The maximum Gasteiger partial charge on any atom is 0.227 e. The Bertz CT molecular complexity index is 1300. The van der Waals surface area contributed by atoms with E-state index in [1.165, 1.54) is 32.4 Å². The molecule has 1 atom stereocenters. The van der Waals surface area contributed by atoms with Gasteiger partial charge in [0.15, 0.2) is 5.78 Å². The third kappa shape index (κ3) is 5.34. The number of halogens is 2. The molecule has 188 valence electrons. The Hall–Kier alpha value is -3.49. The molecule has 4 rings (SSSR count). The lowest BCUT2D eigenvalue weighted by Gasteiger charge is -2.19. The van der Waals surface area contributed by atoms with Gasteiger partial charge in [-0.25, -0.2) is 9.37 Å². The zero-order valence-electron chi connectivity index (χ0n) is 20.0. The number of pyridine rings is 1. The highest BCUT2D eigenvalue weighted by atomic mass is 35.5. The monoisotopic (exact) mass is 512 g/mol. The van der Waals surface area contributed by atoms with Gasteiger partial charge in [-0.3, -0.25) is 9.59 Å². The average molecular weight is 513 g/mol. The Kier molecular flexibility index (Phi) is 7.86. The Morgan fingerprint density at radius 2 is 1.92 bits per heavy atom. The van der Waals surface area contributed by atoms with E-state index in [2.05, 4.69) is 4.98 Å². The summed E-state index contributed by atoms with van der Waals surface area (Å²) in [7, 11) is 2.98. The van der Waals surface area contributed by atoms with E-state index >= 15 is 0 Å². The Balaban J connectivity index is 1.48. The minimum Gasteiger partial charge on any atom is -0.495 e. The van der Waals surface area contributed by atoms with Crippen LogP contribution in [0.4, 0.5) is 10.1 Å². The molecule has 7 nitrogen and oxygen atoms in total. The van der Waals surface area contributed by atoms with E-state index in [1.807, 2.05) is 0 Å². The van der Waals surface area contributed by atoms with E-state index < -0.39 is 11.9 Å². The molecule has 0 bridgehead atoms. The lowest BCUT2D eigenvalue weighted by molar-refractivity contribution is -0.117. The Morgan fingerprint density at radius 3 is 2.58 bits per heavy atom. The first-order valence-electron chi connectivity index (χ1n) is 11.5. The molecule has 9 heteroatoms. The van der Waals surface area contributed by atoms with Gasteiger partial charge in [-0.15, -0.1) is 0 Å². The number of aliphatic hydroxyl groups excluding tert-OH is 1. The summed E-state index contributed by atoms with van der Waals surface area (Å²) < 4.78 is 24.4. The smallest absolute Gasteiger partial charge is 0.227 e. The number of anilines is 1. The van der Waals surface area contributed by atoms with Gasteiger partial charge in [0.1, 0.15) is 23.0 Å². The molecule has 0 aliphatic carbocycles. The fourth-order valence-corrected chi connectivity index (χ4v) is 4.38. The predicted molar refractivity (Wildman–Crippen MR) is 134 cm³/mol. The van der Waals surface area contributed by atoms with E-state index in [1.54, 1.807) is 35.2 Å². The molecule has 1 aliphatic rings. The van der Waals surface area contributed by atoms with Crippen molar-refractivity contribution in [1.82, 2.24) is 4.98 Å². The van der Waals surface area contributed by atoms with E-state index in [0.29, 0.717) is 52.7 Å². The summed E-state index contributed by atoms with van der Waals surface area (Å²) in [6, 6.07) is 12.5. The molecule has 1 aliphatic heterocycles. The fourth-order valence-electron chi connectivity index (χ4n) is 4.20. The lowest BCUT2D eigenvalue weighted by Crippen LogP contribution is -2.24. The minimum atomic E-state index is -1.02. The molecule has 3 aromatic rings. The number of aromatic nitrogens is 1. The molecule has 1 unspecified atom stereocenters. The first kappa shape index (κ1) is 25.6. The molecule has 0 spiro atoms. The van der Waals surface area contributed by atoms with Crippen molar-refractivity contribution in [3.63, 3.8) is 0 Å². The van der Waals surface area contributed by atoms with Crippen LogP contribution < -0.4 is 14.4 Å². The molecule has 1 N–H and O–H groups in total. The largest absolute Gasteiger partial charge is 0.495 e. The summed E-state index contributed by atoms with van der Waals surface area (Å²) in [6.07, 6.45) is 0.471. The summed E-state index contributed by atoms with van der Waals surface area (Å²) in [5, 5.41) is 10.7. The third-order valence-electron chi connectivity index (χ3n) is 6.14. The van der Waals surface area contributed by atoms with Gasteiger partial charge in [-0.1, -0.05) is 11.6 Å². The summed E-state index contributed by atoms with van der Waals surface area (Å²) in [5.74, 6) is 0.200. The quantitative estimate of drug-likeness (QED) is 0.387. The van der Waals surface area contributed by atoms with Crippen LogP contribution in [0.5, 0.6) is 11.5 Å². The van der Waals surface area contributed by atoms with Crippen molar-refractivity contribution < 1.29 is 28.6 Å². The molecule has 1 aromatic heterocycles. The number of aliphatic hydroxyl groups is 1. The van der Waals surface area contributed by atoms with Crippen LogP contribution in [0, 0.1) is 5.82 Å². The number of amides is 1. The zero-order chi connectivity index (χ0) is 25.8. The van der Waals surface area contributed by atoms with Crippen molar-refractivity contribution >= 4 is 29.0 Å². The number of carbonyl (C=O) groups excluding carboxylic acids is 2. The number of ketones is 1. The van der Waals surface area contributed by atoms with Gasteiger partial charge in [0, 0.05) is 30.5 Å². The highest BCUT2D eigenvalue weighted by Crippen LogP contribution is 2.34. The van der Waals surface area contributed by atoms with Crippen LogP contribution in [0.15, 0.2) is 48.5 Å². The fraction of sp³-hybridized carbons (Fsp3) is 0.296. The summed E-state index contributed by atoms with van der Waals surface area (Å²) in [6.45, 7) is 0.621. The highest BCUT2D eigenvalue weighted by Gasteiger charge is 2.25. The zero-order valence-corrected chi connectivity index (χ0v) is 20.7. The second-order valence-electron chi connectivity index (χ2n) is 8.43. The minimum absolute atomic E-state index is 0.0322. The number of rotatable bonds is 9. The van der Waals surface area contributed by atoms with E-state index in [0.717, 1.165) is 6.42 Å². The molecule has 1 fully saturated rings. The van der Waals surface area contributed by atoms with Crippen LogP contribution >= 0.6 is 11.6 Å². The van der Waals surface area contributed by atoms with Crippen molar-refractivity contribution in [2.45, 2.75) is 31.8 Å². The van der Waals surface area contributed by atoms with Crippen LogP contribution in [0.25, 0.3) is 11.3 Å². The number of benzene rings is 2. The SMILES string of the molecule is COc1cc(C(=O)CCC(O)c2ccc(OC)c(-c3ccc(F)c(Cl)c3)n2)ccc1N1CCCC1=O. The predicted octanol–water partition coefficient (Wildman–Crippen LogP) is 5.38. The molecule has 1 amide bonds. The van der Waals surface area contributed by atoms with Crippen LogP contribution in [-0.4, -0.2) is 42.5 Å².